The minimum Gasteiger partial charge on any atom is -0.464 e. The summed E-state index contributed by atoms with van der Waals surface area (Å²) in [6, 6.07) is 0. The summed E-state index contributed by atoms with van der Waals surface area (Å²) in [7, 11) is 0. The molecule has 116 valence electrons. The first-order valence-corrected chi connectivity index (χ1v) is 7.08. The average molecular weight is 287 g/mol. The molecule has 0 bridgehead atoms. The van der Waals surface area contributed by atoms with Gasteiger partial charge in [0.05, 0.1) is 13.2 Å². The molecule has 0 saturated carbocycles. The Balaban J connectivity index is 4.12. The van der Waals surface area contributed by atoms with Crippen molar-refractivity contribution in [1.29, 1.82) is 0 Å². The van der Waals surface area contributed by atoms with E-state index in [2.05, 4.69) is 0 Å². The minimum absolute atomic E-state index is 0.220. The van der Waals surface area contributed by atoms with Crippen molar-refractivity contribution in [2.24, 2.45) is 0 Å². The van der Waals surface area contributed by atoms with Crippen LogP contribution < -0.4 is 0 Å². The first-order chi connectivity index (χ1) is 9.51. The monoisotopic (exact) mass is 287 g/mol. The zero-order chi connectivity index (χ0) is 15.4. The molecule has 0 fully saturated rings. The fourth-order valence-electron chi connectivity index (χ4n) is 1.34. The van der Waals surface area contributed by atoms with Gasteiger partial charge in [-0.3, -0.25) is 14.4 Å². The molecule has 0 spiro atoms. The molecule has 0 aromatic carbocycles. The highest BCUT2D eigenvalue weighted by molar-refractivity contribution is 5.84. The average Bonchev–Trinajstić information content (AvgIpc) is 2.38. The lowest BCUT2D eigenvalue weighted by Crippen LogP contribution is -2.39. The van der Waals surface area contributed by atoms with E-state index < -0.39 is 11.9 Å². The zero-order valence-corrected chi connectivity index (χ0v) is 12.6. The largest absolute Gasteiger partial charge is 0.464 e. The van der Waals surface area contributed by atoms with Gasteiger partial charge in [0, 0.05) is 6.92 Å². The van der Waals surface area contributed by atoms with Crippen LogP contribution in [0.15, 0.2) is 0 Å². The number of hydrogen-bond acceptors (Lipinski definition) is 5. The summed E-state index contributed by atoms with van der Waals surface area (Å²) in [5.74, 6) is -1.37. The second-order valence-electron chi connectivity index (χ2n) is 4.52. The standard InChI is InChI=1S/C14H25NO5/c1-4-6-8-19-13(17)10-15(12(3)16)11-14(18)20-9-7-5-2/h4-11H2,1-3H3. The second kappa shape index (κ2) is 11.3. The van der Waals surface area contributed by atoms with Gasteiger partial charge in [0.2, 0.25) is 5.91 Å². The Morgan fingerprint density at radius 3 is 1.55 bits per heavy atom. The number of carbonyl (C=O) groups is 3. The second-order valence-corrected chi connectivity index (χ2v) is 4.52. The molecule has 0 saturated heterocycles. The van der Waals surface area contributed by atoms with Gasteiger partial charge >= 0.3 is 11.9 Å². The normalized spacial score (nSPS) is 9.95. The van der Waals surface area contributed by atoms with Crippen molar-refractivity contribution in [3.05, 3.63) is 0 Å². The van der Waals surface area contributed by atoms with Crippen molar-refractivity contribution in [1.82, 2.24) is 4.90 Å². The number of esters is 2. The number of hydrogen-bond donors (Lipinski definition) is 0. The molecular weight excluding hydrogens is 262 g/mol. The predicted octanol–water partition coefficient (Wildman–Crippen LogP) is 1.52. The minimum atomic E-state index is -0.505. The Labute approximate surface area is 120 Å². The van der Waals surface area contributed by atoms with E-state index in [4.69, 9.17) is 9.47 Å². The van der Waals surface area contributed by atoms with Gasteiger partial charge in [-0.1, -0.05) is 26.7 Å². The van der Waals surface area contributed by atoms with Crippen molar-refractivity contribution in [3.63, 3.8) is 0 Å². The highest BCUT2D eigenvalue weighted by Gasteiger charge is 2.18. The lowest BCUT2D eigenvalue weighted by Gasteiger charge is -2.19. The van der Waals surface area contributed by atoms with E-state index in [1.54, 1.807) is 0 Å². The van der Waals surface area contributed by atoms with E-state index in [-0.39, 0.29) is 19.0 Å². The summed E-state index contributed by atoms with van der Waals surface area (Å²) in [5, 5.41) is 0. The van der Waals surface area contributed by atoms with Crippen LogP contribution in [0, 0.1) is 0 Å². The van der Waals surface area contributed by atoms with E-state index in [9.17, 15) is 14.4 Å². The van der Waals surface area contributed by atoms with Gasteiger partial charge in [0.1, 0.15) is 13.1 Å². The molecule has 6 nitrogen and oxygen atoms in total. The molecule has 6 heteroatoms. The van der Waals surface area contributed by atoms with Gasteiger partial charge in [-0.05, 0) is 12.8 Å². The number of ether oxygens (including phenoxy) is 2. The van der Waals surface area contributed by atoms with Crippen molar-refractivity contribution in [2.45, 2.75) is 46.5 Å². The summed E-state index contributed by atoms with van der Waals surface area (Å²) in [5.41, 5.74) is 0. The van der Waals surface area contributed by atoms with Crippen LogP contribution in [0.1, 0.15) is 46.5 Å². The third-order valence-electron chi connectivity index (χ3n) is 2.61. The summed E-state index contributed by atoms with van der Waals surface area (Å²) in [6.45, 7) is 5.51. The fourth-order valence-corrected chi connectivity index (χ4v) is 1.34. The van der Waals surface area contributed by atoms with E-state index >= 15 is 0 Å². The number of amides is 1. The molecule has 0 aliphatic heterocycles. The van der Waals surface area contributed by atoms with Crippen LogP contribution in [0.2, 0.25) is 0 Å². The third-order valence-corrected chi connectivity index (χ3v) is 2.61. The molecule has 0 heterocycles. The summed E-state index contributed by atoms with van der Waals surface area (Å²) in [4.78, 5) is 35.5. The number of unbranched alkanes of at least 4 members (excludes halogenated alkanes) is 2. The fraction of sp³-hybridized carbons (Fsp3) is 0.786. The van der Waals surface area contributed by atoms with Crippen LogP contribution in [0.5, 0.6) is 0 Å². The molecule has 0 aliphatic carbocycles. The molecule has 0 aromatic heterocycles. The summed E-state index contributed by atoms with van der Waals surface area (Å²) in [6.07, 6.45) is 3.41. The first-order valence-electron chi connectivity index (χ1n) is 7.08. The molecule has 0 radical (unpaired) electrons. The highest BCUT2D eigenvalue weighted by Crippen LogP contribution is 1.97. The van der Waals surface area contributed by atoms with E-state index in [0.29, 0.717) is 13.2 Å². The van der Waals surface area contributed by atoms with Crippen LogP contribution in [0.4, 0.5) is 0 Å². The van der Waals surface area contributed by atoms with Crippen molar-refractivity contribution < 1.29 is 23.9 Å². The Bertz CT molecular complexity index is 293. The molecule has 1 amide bonds. The zero-order valence-electron chi connectivity index (χ0n) is 12.6. The maximum Gasteiger partial charge on any atom is 0.325 e. The number of nitrogens with zero attached hydrogens (tertiary/aromatic N) is 1. The molecule has 0 rings (SSSR count). The topological polar surface area (TPSA) is 72.9 Å². The Kier molecular flexibility index (Phi) is 10.4. The lowest BCUT2D eigenvalue weighted by atomic mass is 10.3. The molecule has 0 unspecified atom stereocenters. The smallest absolute Gasteiger partial charge is 0.325 e. The quantitative estimate of drug-likeness (QED) is 0.450. The van der Waals surface area contributed by atoms with Gasteiger partial charge < -0.3 is 14.4 Å². The molecule has 0 aromatic rings. The number of rotatable bonds is 10. The maximum absolute atomic E-state index is 11.5. The van der Waals surface area contributed by atoms with Crippen LogP contribution in [0.3, 0.4) is 0 Å². The highest BCUT2D eigenvalue weighted by atomic mass is 16.5. The molecule has 20 heavy (non-hydrogen) atoms. The van der Waals surface area contributed by atoms with E-state index in [1.807, 2.05) is 13.8 Å². The third kappa shape index (κ3) is 9.35. The van der Waals surface area contributed by atoms with Gasteiger partial charge in [0.25, 0.3) is 0 Å². The van der Waals surface area contributed by atoms with Crippen LogP contribution >= 0.6 is 0 Å². The van der Waals surface area contributed by atoms with Gasteiger partial charge in [-0.25, -0.2) is 0 Å². The molecular formula is C14H25NO5. The number of carbonyl (C=O) groups excluding carboxylic acids is 3. The molecule has 0 atom stereocenters. The Morgan fingerprint density at radius 2 is 1.25 bits per heavy atom. The first kappa shape index (κ1) is 18.4. The van der Waals surface area contributed by atoms with Crippen molar-refractivity contribution >= 4 is 17.8 Å². The SMILES string of the molecule is CCCCOC(=O)CN(CC(=O)OCCCC)C(C)=O. The maximum atomic E-state index is 11.5. The van der Waals surface area contributed by atoms with E-state index in [1.165, 1.54) is 6.92 Å². The van der Waals surface area contributed by atoms with Crippen molar-refractivity contribution in [3.8, 4) is 0 Å². The molecule has 0 N–H and O–H groups in total. The Hall–Kier alpha value is -1.59. The van der Waals surface area contributed by atoms with Gasteiger partial charge in [0.15, 0.2) is 0 Å². The lowest BCUT2D eigenvalue weighted by molar-refractivity contribution is -0.153. The Morgan fingerprint density at radius 1 is 0.850 bits per heavy atom. The predicted molar refractivity (Wildman–Crippen MR) is 74.0 cm³/mol. The summed E-state index contributed by atoms with van der Waals surface area (Å²) < 4.78 is 9.92. The van der Waals surface area contributed by atoms with Gasteiger partial charge in [-0.15, -0.1) is 0 Å². The van der Waals surface area contributed by atoms with Crippen molar-refractivity contribution in [2.75, 3.05) is 26.3 Å². The molecule has 0 aliphatic rings. The van der Waals surface area contributed by atoms with Crippen LogP contribution in [-0.2, 0) is 23.9 Å². The summed E-state index contributed by atoms with van der Waals surface area (Å²) >= 11 is 0. The van der Waals surface area contributed by atoms with Crippen LogP contribution in [-0.4, -0.2) is 49.0 Å². The van der Waals surface area contributed by atoms with Crippen LogP contribution in [0.25, 0.3) is 0 Å². The van der Waals surface area contributed by atoms with Gasteiger partial charge in [-0.2, -0.15) is 0 Å². The van der Waals surface area contributed by atoms with E-state index in [0.717, 1.165) is 30.6 Å².